The summed E-state index contributed by atoms with van der Waals surface area (Å²) in [6, 6.07) is 9.04. The van der Waals surface area contributed by atoms with Crippen LogP contribution in [-0.4, -0.2) is 70.4 Å². The molecule has 0 aromatic heterocycles. The van der Waals surface area contributed by atoms with E-state index in [1.54, 1.807) is 6.07 Å². The second kappa shape index (κ2) is 13.9. The van der Waals surface area contributed by atoms with Crippen LogP contribution in [0.1, 0.15) is 22.3 Å². The van der Waals surface area contributed by atoms with Crippen LogP contribution in [0.4, 0.5) is 0 Å². The topological polar surface area (TPSA) is 205 Å². The van der Waals surface area contributed by atoms with Gasteiger partial charge in [0.2, 0.25) is 0 Å². The minimum atomic E-state index is -4.54. The normalized spacial score (nSPS) is 12.2. The van der Waals surface area contributed by atoms with Crippen molar-refractivity contribution >= 4 is 15.2 Å². The molecule has 0 amide bonds. The zero-order valence-corrected chi connectivity index (χ0v) is 21.5. The van der Waals surface area contributed by atoms with Gasteiger partial charge in [0.1, 0.15) is 18.3 Å². The molecule has 7 N–H and O–H groups in total. The monoisotopic (exact) mass is 575 g/mol. The SMILES string of the molecule is O=P(O)(O)CN(CCN(Cc1cccc(CO)c1O)CP(=O)(O)O)Cc1cccc(CO)c1[O-].[Fe+2]. The molecule has 15 heteroatoms. The standard InChI is InChI=1S/C20H30N2O10P2.Fe/c23-11-17-5-1-3-15(19(17)25)9-21(13-33(27,28)29)7-8-22(14-34(30,31)32)10-16-4-2-6-18(12-24)20(16)26;/h1-6,23-26H,7-14H2,(H2,27,28,29)(H2,30,31,32);/q;+2/p-1. The Morgan fingerprint density at radius 1 is 0.714 bits per heavy atom. The molecule has 2 rings (SSSR count). The average Bonchev–Trinajstić information content (AvgIpc) is 2.72. The van der Waals surface area contributed by atoms with Gasteiger partial charge in [-0.25, -0.2) is 0 Å². The summed E-state index contributed by atoms with van der Waals surface area (Å²) in [6.45, 7) is -1.33. The molecule has 0 saturated heterocycles. The van der Waals surface area contributed by atoms with Crippen molar-refractivity contribution in [3.8, 4) is 11.5 Å². The number of aliphatic hydroxyl groups is 2. The molecule has 2 aromatic carbocycles. The summed E-state index contributed by atoms with van der Waals surface area (Å²) in [7, 11) is -9.08. The van der Waals surface area contributed by atoms with Gasteiger partial charge in [-0.2, -0.15) is 0 Å². The Labute approximate surface area is 213 Å². The summed E-state index contributed by atoms with van der Waals surface area (Å²) in [5.41, 5.74) is 0.883. The molecule has 0 atom stereocenters. The van der Waals surface area contributed by atoms with E-state index in [9.17, 15) is 49.1 Å². The molecule has 12 nitrogen and oxygen atoms in total. The first-order chi connectivity index (χ1) is 15.8. The summed E-state index contributed by atoms with van der Waals surface area (Å²) >= 11 is 0. The Kier molecular flexibility index (Phi) is 12.6. The van der Waals surface area contributed by atoms with E-state index in [0.717, 1.165) is 0 Å². The van der Waals surface area contributed by atoms with Crippen molar-refractivity contribution in [3.05, 3.63) is 58.7 Å². The van der Waals surface area contributed by atoms with Crippen molar-refractivity contribution in [2.75, 3.05) is 25.7 Å². The van der Waals surface area contributed by atoms with Crippen LogP contribution in [0.2, 0.25) is 0 Å². The van der Waals surface area contributed by atoms with Crippen molar-refractivity contribution in [3.63, 3.8) is 0 Å². The molecule has 0 unspecified atom stereocenters. The van der Waals surface area contributed by atoms with Gasteiger partial charge in [0.05, 0.1) is 13.2 Å². The van der Waals surface area contributed by atoms with E-state index < -0.39 is 46.7 Å². The molecule has 0 bridgehead atoms. The van der Waals surface area contributed by atoms with Crippen LogP contribution < -0.4 is 5.11 Å². The second-order valence-corrected chi connectivity index (χ2v) is 11.1. The summed E-state index contributed by atoms with van der Waals surface area (Å²) < 4.78 is 23.3. The number of nitrogens with zero attached hydrogens (tertiary/aromatic N) is 2. The van der Waals surface area contributed by atoms with E-state index in [0.29, 0.717) is 5.56 Å². The van der Waals surface area contributed by atoms with Crippen molar-refractivity contribution in [2.45, 2.75) is 26.3 Å². The van der Waals surface area contributed by atoms with Gasteiger partial charge in [0, 0.05) is 37.3 Å². The number of hydrogen-bond acceptors (Lipinski definition) is 8. The maximum Gasteiger partial charge on any atom is 2.00 e. The van der Waals surface area contributed by atoms with Crippen LogP contribution in [0.25, 0.3) is 0 Å². The maximum atomic E-state index is 12.4. The molecule has 196 valence electrons. The number of phenols is 1. The molecule has 0 aliphatic rings. The third-order valence-corrected chi connectivity index (χ3v) is 6.55. The van der Waals surface area contributed by atoms with Crippen LogP contribution in [0, 0.1) is 0 Å². The van der Waals surface area contributed by atoms with Crippen molar-refractivity contribution < 1.29 is 66.2 Å². The third-order valence-electron chi connectivity index (χ3n) is 5.01. The molecular weight excluding hydrogens is 546 g/mol. The molecule has 0 radical (unpaired) electrons. The predicted octanol–water partition coefficient (Wildman–Crippen LogP) is 0.0225. The molecular formula is C20H29FeN2O10P2+. The molecule has 0 fully saturated rings. The first kappa shape index (κ1) is 31.7. The number of aromatic hydroxyl groups is 1. The molecule has 0 aliphatic heterocycles. The van der Waals surface area contributed by atoms with Gasteiger partial charge < -0.3 is 40.0 Å². The van der Waals surface area contributed by atoms with Crippen LogP contribution in [0.3, 0.4) is 0 Å². The van der Waals surface area contributed by atoms with E-state index in [4.69, 9.17) is 0 Å². The molecule has 0 saturated carbocycles. The van der Waals surface area contributed by atoms with E-state index >= 15 is 0 Å². The van der Waals surface area contributed by atoms with E-state index in [1.165, 1.54) is 40.1 Å². The largest absolute Gasteiger partial charge is 2.00 e. The van der Waals surface area contributed by atoms with Gasteiger partial charge in [-0.1, -0.05) is 42.1 Å². The van der Waals surface area contributed by atoms with Crippen molar-refractivity contribution in [2.24, 2.45) is 0 Å². The van der Waals surface area contributed by atoms with Crippen LogP contribution in [-0.2, 0) is 52.5 Å². The Morgan fingerprint density at radius 2 is 1.11 bits per heavy atom. The average molecular weight is 575 g/mol. The number of rotatable bonds is 13. The Hall–Kier alpha value is -1.30. The molecule has 35 heavy (non-hydrogen) atoms. The Morgan fingerprint density at radius 3 is 1.57 bits per heavy atom. The number of benzene rings is 2. The second-order valence-electron chi connectivity index (χ2n) is 7.86. The fraction of sp³-hybridized carbons (Fsp3) is 0.400. The van der Waals surface area contributed by atoms with E-state index in [1.807, 2.05) is 0 Å². The zero-order valence-electron chi connectivity index (χ0n) is 18.6. The Bertz CT molecular complexity index is 979. The van der Waals surface area contributed by atoms with Gasteiger partial charge in [0.15, 0.2) is 0 Å². The van der Waals surface area contributed by atoms with Crippen LogP contribution in [0.15, 0.2) is 36.4 Å². The fourth-order valence-electron chi connectivity index (χ4n) is 3.47. The number of hydrogen-bond donors (Lipinski definition) is 7. The van der Waals surface area contributed by atoms with Gasteiger partial charge in [-0.05, 0) is 11.1 Å². The summed E-state index contributed by atoms with van der Waals surface area (Å²) in [5.74, 6) is -0.678. The molecule has 2 aromatic rings. The van der Waals surface area contributed by atoms with Gasteiger partial charge in [0.25, 0.3) is 0 Å². The summed E-state index contributed by atoms with van der Waals surface area (Å²) in [4.78, 5) is 40.5. The van der Waals surface area contributed by atoms with Crippen LogP contribution in [0.5, 0.6) is 11.5 Å². The van der Waals surface area contributed by atoms with E-state index in [-0.39, 0.29) is 65.7 Å². The maximum absolute atomic E-state index is 12.4. The number of aliphatic hydroxyl groups excluding tert-OH is 2. The minimum Gasteiger partial charge on any atom is -0.872 e. The van der Waals surface area contributed by atoms with Crippen LogP contribution >= 0.6 is 15.2 Å². The summed E-state index contributed by atoms with van der Waals surface area (Å²) in [6.07, 6.45) is -1.39. The number of para-hydroxylation sites is 2. The minimum absolute atomic E-state index is 0. The predicted molar refractivity (Wildman–Crippen MR) is 120 cm³/mol. The van der Waals surface area contributed by atoms with E-state index in [2.05, 4.69) is 0 Å². The van der Waals surface area contributed by atoms with Crippen molar-refractivity contribution in [1.29, 1.82) is 0 Å². The van der Waals surface area contributed by atoms with Gasteiger partial charge in [-0.3, -0.25) is 18.9 Å². The third kappa shape index (κ3) is 10.7. The molecule has 0 spiro atoms. The first-order valence-corrected chi connectivity index (χ1v) is 13.8. The fourth-order valence-corrected chi connectivity index (χ4v) is 5.00. The first-order valence-electron chi connectivity index (χ1n) is 10.2. The quantitative estimate of drug-likeness (QED) is 0.125. The molecule has 0 heterocycles. The van der Waals surface area contributed by atoms with Gasteiger partial charge >= 0.3 is 32.3 Å². The Balaban J connectivity index is 0.00000612. The summed E-state index contributed by atoms with van der Waals surface area (Å²) in [5, 5.41) is 41.3. The van der Waals surface area contributed by atoms with Gasteiger partial charge in [-0.15, -0.1) is 0 Å². The molecule has 0 aliphatic carbocycles. The zero-order chi connectivity index (χ0) is 25.5. The smallest absolute Gasteiger partial charge is 0.872 e. The van der Waals surface area contributed by atoms with Crippen molar-refractivity contribution in [1.82, 2.24) is 9.80 Å².